The van der Waals surface area contributed by atoms with E-state index in [1.165, 1.54) is 0 Å². The maximum absolute atomic E-state index is 12.0. The molecule has 1 aromatic rings. The van der Waals surface area contributed by atoms with Crippen LogP contribution in [-0.2, 0) is 4.79 Å². The smallest absolute Gasteiger partial charge is 0.319 e. The van der Waals surface area contributed by atoms with Crippen LogP contribution in [0.3, 0.4) is 0 Å². The van der Waals surface area contributed by atoms with E-state index in [0.29, 0.717) is 22.3 Å². The van der Waals surface area contributed by atoms with Gasteiger partial charge in [0, 0.05) is 17.1 Å². The van der Waals surface area contributed by atoms with Gasteiger partial charge in [-0.25, -0.2) is 4.79 Å². The first-order chi connectivity index (χ1) is 10.9. The van der Waals surface area contributed by atoms with Crippen LogP contribution in [-0.4, -0.2) is 47.2 Å². The molecule has 0 radical (unpaired) electrons. The molecule has 2 rings (SSSR count). The lowest BCUT2D eigenvalue weighted by Gasteiger charge is -2.42. The molecule has 1 aromatic carbocycles. The van der Waals surface area contributed by atoms with Gasteiger partial charge >= 0.3 is 12.0 Å². The molecule has 23 heavy (non-hydrogen) atoms. The maximum atomic E-state index is 12.0. The van der Waals surface area contributed by atoms with Crippen molar-refractivity contribution in [2.45, 2.75) is 31.8 Å². The number of nitrogens with zero attached hydrogens (tertiary/aromatic N) is 1. The van der Waals surface area contributed by atoms with E-state index in [0.717, 1.165) is 12.8 Å². The number of urea groups is 1. The van der Waals surface area contributed by atoms with Crippen LogP contribution in [0.15, 0.2) is 18.2 Å². The Hall–Kier alpha value is -1.50. The quantitative estimate of drug-likeness (QED) is 0.728. The van der Waals surface area contributed by atoms with Gasteiger partial charge in [-0.3, -0.25) is 9.69 Å². The van der Waals surface area contributed by atoms with Gasteiger partial charge in [-0.05, 0) is 37.6 Å². The molecule has 0 aromatic heterocycles. The number of likely N-dealkylation sites (N-methyl/N-ethyl adjacent to an activating group) is 1. The van der Waals surface area contributed by atoms with E-state index in [2.05, 4.69) is 10.6 Å². The Morgan fingerprint density at radius 1 is 1.35 bits per heavy atom. The second-order valence-electron chi connectivity index (χ2n) is 5.50. The van der Waals surface area contributed by atoms with E-state index < -0.39 is 5.97 Å². The Morgan fingerprint density at radius 2 is 2.04 bits per heavy atom. The van der Waals surface area contributed by atoms with Crippen molar-refractivity contribution in [2.75, 3.05) is 18.4 Å². The summed E-state index contributed by atoms with van der Waals surface area (Å²) in [4.78, 5) is 24.7. The average molecular weight is 360 g/mol. The molecule has 1 aliphatic carbocycles. The molecular weight excluding hydrogens is 341 g/mol. The number of hydrogen-bond acceptors (Lipinski definition) is 3. The summed E-state index contributed by atoms with van der Waals surface area (Å²) in [7, 11) is 0. The summed E-state index contributed by atoms with van der Waals surface area (Å²) in [6.07, 6.45) is 1.47. The lowest BCUT2D eigenvalue weighted by atomic mass is 9.85. The molecule has 1 aliphatic rings. The lowest BCUT2D eigenvalue weighted by molar-refractivity contribution is -0.139. The first-order valence-electron chi connectivity index (χ1n) is 7.37. The van der Waals surface area contributed by atoms with Gasteiger partial charge < -0.3 is 15.7 Å². The number of amides is 2. The number of hydrogen-bond donors (Lipinski definition) is 3. The SMILES string of the molecule is CCN(CC(=O)O)C1CC(NC(=O)Nc2cc(Cl)ccc2Cl)C1. The Kier molecular flexibility index (Phi) is 6.10. The van der Waals surface area contributed by atoms with E-state index in [9.17, 15) is 9.59 Å². The van der Waals surface area contributed by atoms with Crippen LogP contribution in [0.1, 0.15) is 19.8 Å². The molecule has 0 bridgehead atoms. The number of carbonyl (C=O) groups excluding carboxylic acids is 1. The summed E-state index contributed by atoms with van der Waals surface area (Å²) in [5.41, 5.74) is 0.452. The lowest BCUT2D eigenvalue weighted by Crippen LogP contribution is -2.55. The fraction of sp³-hybridized carbons (Fsp3) is 0.467. The highest BCUT2D eigenvalue weighted by Gasteiger charge is 2.34. The second kappa shape index (κ2) is 7.86. The van der Waals surface area contributed by atoms with Gasteiger partial charge in [0.25, 0.3) is 0 Å². The summed E-state index contributed by atoms with van der Waals surface area (Å²) >= 11 is 11.9. The number of benzene rings is 1. The fourth-order valence-corrected chi connectivity index (χ4v) is 2.95. The van der Waals surface area contributed by atoms with Gasteiger partial charge in [-0.15, -0.1) is 0 Å². The number of aliphatic carboxylic acids is 1. The van der Waals surface area contributed by atoms with Crippen molar-refractivity contribution in [1.82, 2.24) is 10.2 Å². The summed E-state index contributed by atoms with van der Waals surface area (Å²) in [6.45, 7) is 2.63. The zero-order valence-corrected chi connectivity index (χ0v) is 14.2. The number of rotatable bonds is 6. The van der Waals surface area contributed by atoms with Crippen LogP contribution in [0, 0.1) is 0 Å². The minimum absolute atomic E-state index is 0.0260. The zero-order valence-electron chi connectivity index (χ0n) is 12.7. The maximum Gasteiger partial charge on any atom is 0.319 e. The van der Waals surface area contributed by atoms with Gasteiger partial charge in [0.15, 0.2) is 0 Å². The molecule has 0 atom stereocenters. The molecular formula is C15H19Cl2N3O3. The zero-order chi connectivity index (χ0) is 17.0. The van der Waals surface area contributed by atoms with E-state index in [-0.39, 0.29) is 24.7 Å². The topological polar surface area (TPSA) is 81.7 Å². The van der Waals surface area contributed by atoms with Crippen LogP contribution in [0.4, 0.5) is 10.5 Å². The van der Waals surface area contributed by atoms with Crippen LogP contribution in [0.25, 0.3) is 0 Å². The predicted octanol–water partition coefficient (Wildman–Crippen LogP) is 3.05. The number of carboxylic acid groups (broad SMARTS) is 1. The Labute approximate surface area is 144 Å². The Balaban J connectivity index is 1.80. The highest BCUT2D eigenvalue weighted by atomic mass is 35.5. The number of nitrogens with one attached hydrogen (secondary N) is 2. The van der Waals surface area contributed by atoms with Gasteiger partial charge in [-0.2, -0.15) is 0 Å². The van der Waals surface area contributed by atoms with Crippen molar-refractivity contribution < 1.29 is 14.7 Å². The number of anilines is 1. The number of carbonyl (C=O) groups is 2. The molecule has 2 amide bonds. The van der Waals surface area contributed by atoms with Gasteiger partial charge in [0.2, 0.25) is 0 Å². The first-order valence-corrected chi connectivity index (χ1v) is 8.13. The Bertz CT molecular complexity index is 591. The van der Waals surface area contributed by atoms with Gasteiger partial charge in [0.1, 0.15) is 0 Å². The highest BCUT2D eigenvalue weighted by molar-refractivity contribution is 6.35. The van der Waals surface area contributed by atoms with E-state index >= 15 is 0 Å². The normalized spacial score (nSPS) is 20.0. The summed E-state index contributed by atoms with van der Waals surface area (Å²) in [5, 5.41) is 15.3. The standard InChI is InChI=1S/C15H19Cl2N3O3/c1-2-20(8-14(21)22)11-6-10(7-11)18-15(23)19-13-5-9(16)3-4-12(13)17/h3-5,10-11H,2,6-8H2,1H3,(H,21,22)(H2,18,19,23). The largest absolute Gasteiger partial charge is 0.480 e. The van der Waals surface area contributed by atoms with Crippen LogP contribution >= 0.6 is 23.2 Å². The molecule has 0 aliphatic heterocycles. The minimum atomic E-state index is -0.836. The van der Waals surface area contributed by atoms with Crippen molar-refractivity contribution in [3.8, 4) is 0 Å². The summed E-state index contributed by atoms with van der Waals surface area (Å²) < 4.78 is 0. The van der Waals surface area contributed by atoms with E-state index in [4.69, 9.17) is 28.3 Å². The molecule has 6 nitrogen and oxygen atoms in total. The number of halogens is 2. The first kappa shape index (κ1) is 17.8. The Morgan fingerprint density at radius 3 is 2.65 bits per heavy atom. The third-order valence-corrected chi connectivity index (χ3v) is 4.45. The van der Waals surface area contributed by atoms with Crippen molar-refractivity contribution in [3.05, 3.63) is 28.2 Å². The van der Waals surface area contributed by atoms with E-state index in [1.54, 1.807) is 18.2 Å². The monoisotopic (exact) mass is 359 g/mol. The molecule has 1 saturated carbocycles. The molecule has 3 N–H and O–H groups in total. The summed E-state index contributed by atoms with van der Waals surface area (Å²) in [6, 6.07) is 4.71. The minimum Gasteiger partial charge on any atom is -0.480 e. The van der Waals surface area contributed by atoms with Crippen LogP contribution in [0.2, 0.25) is 10.0 Å². The van der Waals surface area contributed by atoms with Crippen molar-refractivity contribution in [1.29, 1.82) is 0 Å². The van der Waals surface area contributed by atoms with Crippen molar-refractivity contribution in [2.24, 2.45) is 0 Å². The van der Waals surface area contributed by atoms with Gasteiger partial charge in [-0.1, -0.05) is 30.1 Å². The average Bonchev–Trinajstić information content (AvgIpc) is 2.44. The van der Waals surface area contributed by atoms with Crippen molar-refractivity contribution >= 4 is 40.9 Å². The second-order valence-corrected chi connectivity index (χ2v) is 6.35. The third kappa shape index (κ3) is 4.99. The van der Waals surface area contributed by atoms with E-state index in [1.807, 2.05) is 11.8 Å². The molecule has 0 unspecified atom stereocenters. The molecule has 8 heteroatoms. The van der Waals surface area contributed by atoms with Gasteiger partial charge in [0.05, 0.1) is 17.3 Å². The van der Waals surface area contributed by atoms with Crippen LogP contribution in [0.5, 0.6) is 0 Å². The third-order valence-electron chi connectivity index (χ3n) is 3.89. The highest BCUT2D eigenvalue weighted by Crippen LogP contribution is 2.27. The predicted molar refractivity (Wildman–Crippen MR) is 90.3 cm³/mol. The molecule has 126 valence electrons. The number of carboxylic acids is 1. The molecule has 0 heterocycles. The summed E-state index contributed by atoms with van der Waals surface area (Å²) in [5.74, 6) is -0.836. The van der Waals surface area contributed by atoms with Crippen LogP contribution < -0.4 is 10.6 Å². The molecule has 1 fully saturated rings. The molecule has 0 spiro atoms. The fourth-order valence-electron chi connectivity index (χ4n) is 2.61. The van der Waals surface area contributed by atoms with Crippen molar-refractivity contribution in [3.63, 3.8) is 0 Å². The molecule has 0 saturated heterocycles.